The van der Waals surface area contributed by atoms with Crippen LogP contribution in [0.5, 0.6) is 0 Å². The van der Waals surface area contributed by atoms with Crippen molar-refractivity contribution in [3.63, 3.8) is 0 Å². The number of anilines is 2. The zero-order valence-corrected chi connectivity index (χ0v) is 11.5. The standard InChI is InChI=1S/C12H20N4O2/c1-8(12(2,3)4)15(5)10-7-6-9(16(17)18)11(13)14-10/h6-8H,1-5H3,(H2,13,14). The first-order valence-corrected chi connectivity index (χ1v) is 5.78. The summed E-state index contributed by atoms with van der Waals surface area (Å²) in [5, 5.41) is 10.7. The van der Waals surface area contributed by atoms with Gasteiger partial charge in [-0.3, -0.25) is 10.1 Å². The summed E-state index contributed by atoms with van der Waals surface area (Å²) in [6.07, 6.45) is 0. The third-order valence-electron chi connectivity index (χ3n) is 3.28. The minimum Gasteiger partial charge on any atom is -0.378 e. The van der Waals surface area contributed by atoms with Crippen LogP contribution < -0.4 is 10.6 Å². The molecule has 6 heteroatoms. The van der Waals surface area contributed by atoms with Crippen LogP contribution >= 0.6 is 0 Å². The van der Waals surface area contributed by atoms with Gasteiger partial charge in [0, 0.05) is 19.2 Å². The Balaban J connectivity index is 3.05. The van der Waals surface area contributed by atoms with Crippen molar-refractivity contribution in [2.45, 2.75) is 33.7 Å². The molecule has 0 spiro atoms. The molecule has 0 radical (unpaired) electrons. The number of nitrogens with two attached hydrogens (primary N) is 1. The number of hydrogen-bond acceptors (Lipinski definition) is 5. The lowest BCUT2D eigenvalue weighted by molar-refractivity contribution is -0.384. The molecule has 0 aliphatic carbocycles. The summed E-state index contributed by atoms with van der Waals surface area (Å²) in [6, 6.07) is 3.24. The first-order chi connectivity index (χ1) is 8.14. The monoisotopic (exact) mass is 252 g/mol. The van der Waals surface area contributed by atoms with Gasteiger partial charge in [-0.05, 0) is 18.4 Å². The molecule has 1 aromatic heterocycles. The largest absolute Gasteiger partial charge is 0.378 e. The van der Waals surface area contributed by atoms with E-state index >= 15 is 0 Å². The molecule has 0 fully saturated rings. The molecule has 6 nitrogen and oxygen atoms in total. The van der Waals surface area contributed by atoms with Crippen LogP contribution in [0.3, 0.4) is 0 Å². The molecule has 100 valence electrons. The molecule has 1 rings (SSSR count). The molecule has 1 heterocycles. The highest BCUT2D eigenvalue weighted by Crippen LogP contribution is 2.28. The van der Waals surface area contributed by atoms with E-state index in [0.717, 1.165) is 0 Å². The Morgan fingerprint density at radius 1 is 1.44 bits per heavy atom. The number of rotatable bonds is 3. The topological polar surface area (TPSA) is 85.3 Å². The van der Waals surface area contributed by atoms with Crippen molar-refractivity contribution in [1.82, 2.24) is 4.98 Å². The fraction of sp³-hybridized carbons (Fsp3) is 0.583. The molecule has 1 aromatic rings. The van der Waals surface area contributed by atoms with Gasteiger partial charge in [-0.25, -0.2) is 4.98 Å². The highest BCUT2D eigenvalue weighted by molar-refractivity contribution is 5.58. The van der Waals surface area contributed by atoms with Crippen molar-refractivity contribution in [3.05, 3.63) is 22.2 Å². The Kier molecular flexibility index (Phi) is 3.79. The fourth-order valence-electron chi connectivity index (χ4n) is 1.59. The van der Waals surface area contributed by atoms with Crippen molar-refractivity contribution < 1.29 is 4.92 Å². The van der Waals surface area contributed by atoms with Gasteiger partial charge in [0.2, 0.25) is 5.82 Å². The second kappa shape index (κ2) is 4.80. The molecular weight excluding hydrogens is 232 g/mol. The van der Waals surface area contributed by atoms with Crippen LogP contribution in [-0.4, -0.2) is 23.0 Å². The maximum absolute atomic E-state index is 10.7. The van der Waals surface area contributed by atoms with Crippen molar-refractivity contribution in [1.29, 1.82) is 0 Å². The molecular formula is C12H20N4O2. The van der Waals surface area contributed by atoms with Gasteiger partial charge in [0.15, 0.2) is 0 Å². The molecule has 0 aliphatic rings. The zero-order valence-electron chi connectivity index (χ0n) is 11.5. The van der Waals surface area contributed by atoms with Gasteiger partial charge in [-0.15, -0.1) is 0 Å². The van der Waals surface area contributed by atoms with Gasteiger partial charge < -0.3 is 10.6 Å². The van der Waals surface area contributed by atoms with E-state index in [1.165, 1.54) is 6.07 Å². The first kappa shape index (κ1) is 14.2. The van der Waals surface area contributed by atoms with Crippen molar-refractivity contribution in [2.75, 3.05) is 17.7 Å². The van der Waals surface area contributed by atoms with Gasteiger partial charge in [-0.1, -0.05) is 20.8 Å². The number of aromatic nitrogens is 1. The van der Waals surface area contributed by atoms with Gasteiger partial charge in [-0.2, -0.15) is 0 Å². The molecule has 1 atom stereocenters. The molecule has 0 bridgehead atoms. The second-order valence-electron chi connectivity index (χ2n) is 5.48. The Bertz CT molecular complexity index is 454. The lowest BCUT2D eigenvalue weighted by atomic mass is 9.87. The van der Waals surface area contributed by atoms with E-state index in [2.05, 4.69) is 32.7 Å². The van der Waals surface area contributed by atoms with E-state index in [4.69, 9.17) is 5.73 Å². The minimum absolute atomic E-state index is 0.0505. The lowest BCUT2D eigenvalue weighted by Crippen LogP contribution is -2.39. The third kappa shape index (κ3) is 2.88. The maximum atomic E-state index is 10.7. The van der Waals surface area contributed by atoms with E-state index in [1.807, 2.05) is 11.9 Å². The summed E-state index contributed by atoms with van der Waals surface area (Å²) in [5.74, 6) is 0.589. The predicted molar refractivity (Wildman–Crippen MR) is 72.6 cm³/mol. The van der Waals surface area contributed by atoms with E-state index in [1.54, 1.807) is 6.07 Å². The normalized spacial score (nSPS) is 13.2. The summed E-state index contributed by atoms with van der Waals surface area (Å²) in [5.41, 5.74) is 5.51. The van der Waals surface area contributed by atoms with E-state index in [9.17, 15) is 10.1 Å². The number of hydrogen-bond donors (Lipinski definition) is 1. The summed E-state index contributed by atoms with van der Waals surface area (Å²) in [7, 11) is 1.91. The van der Waals surface area contributed by atoms with Crippen LogP contribution in [0.4, 0.5) is 17.3 Å². The van der Waals surface area contributed by atoms with Crippen LogP contribution in [0.25, 0.3) is 0 Å². The lowest BCUT2D eigenvalue weighted by Gasteiger charge is -2.36. The quantitative estimate of drug-likeness (QED) is 0.659. The van der Waals surface area contributed by atoms with Crippen LogP contribution in [0.2, 0.25) is 0 Å². The molecule has 0 aliphatic heterocycles. The summed E-state index contributed by atoms with van der Waals surface area (Å²) < 4.78 is 0. The number of pyridine rings is 1. The van der Waals surface area contributed by atoms with E-state index in [0.29, 0.717) is 5.82 Å². The molecule has 18 heavy (non-hydrogen) atoms. The Hall–Kier alpha value is -1.85. The molecule has 0 amide bonds. The predicted octanol–water partition coefficient (Wildman–Crippen LogP) is 2.44. The zero-order chi connectivity index (χ0) is 14.1. The molecule has 1 unspecified atom stereocenters. The van der Waals surface area contributed by atoms with Crippen molar-refractivity contribution in [2.24, 2.45) is 5.41 Å². The van der Waals surface area contributed by atoms with Crippen LogP contribution in [0.1, 0.15) is 27.7 Å². The number of nitrogen functional groups attached to an aromatic ring is 1. The van der Waals surface area contributed by atoms with Crippen LogP contribution in [0.15, 0.2) is 12.1 Å². The van der Waals surface area contributed by atoms with Crippen LogP contribution in [0, 0.1) is 15.5 Å². The average molecular weight is 252 g/mol. The fourth-order valence-corrected chi connectivity index (χ4v) is 1.59. The molecule has 2 N–H and O–H groups in total. The SMILES string of the molecule is CC(N(C)c1ccc([N+](=O)[O-])c(N)n1)C(C)(C)C. The molecule has 0 aromatic carbocycles. The van der Waals surface area contributed by atoms with Gasteiger partial charge in [0.05, 0.1) is 4.92 Å². The Labute approximate surface area is 107 Å². The summed E-state index contributed by atoms with van der Waals surface area (Å²) in [4.78, 5) is 16.2. The highest BCUT2D eigenvalue weighted by atomic mass is 16.6. The van der Waals surface area contributed by atoms with E-state index < -0.39 is 4.92 Å². The molecule has 0 saturated carbocycles. The highest BCUT2D eigenvalue weighted by Gasteiger charge is 2.25. The van der Waals surface area contributed by atoms with E-state index in [-0.39, 0.29) is 23.0 Å². The Morgan fingerprint density at radius 3 is 2.39 bits per heavy atom. The van der Waals surface area contributed by atoms with Crippen molar-refractivity contribution in [3.8, 4) is 0 Å². The minimum atomic E-state index is -0.528. The Morgan fingerprint density at radius 2 is 2.00 bits per heavy atom. The second-order valence-corrected chi connectivity index (χ2v) is 5.48. The summed E-state index contributed by atoms with van der Waals surface area (Å²) >= 11 is 0. The maximum Gasteiger partial charge on any atom is 0.311 e. The smallest absolute Gasteiger partial charge is 0.311 e. The number of nitro groups is 1. The van der Waals surface area contributed by atoms with Gasteiger partial charge in [0.1, 0.15) is 5.82 Å². The molecule has 0 saturated heterocycles. The van der Waals surface area contributed by atoms with Gasteiger partial charge in [0.25, 0.3) is 0 Å². The first-order valence-electron chi connectivity index (χ1n) is 5.78. The number of nitrogens with zero attached hydrogens (tertiary/aromatic N) is 3. The van der Waals surface area contributed by atoms with Crippen molar-refractivity contribution >= 4 is 17.3 Å². The van der Waals surface area contributed by atoms with Crippen LogP contribution in [-0.2, 0) is 0 Å². The third-order valence-corrected chi connectivity index (χ3v) is 3.28. The summed E-state index contributed by atoms with van der Waals surface area (Å²) in [6.45, 7) is 8.47. The van der Waals surface area contributed by atoms with Gasteiger partial charge >= 0.3 is 5.69 Å². The average Bonchev–Trinajstić information content (AvgIpc) is 2.25.